The smallest absolute Gasteiger partial charge is 0.411 e. The average Bonchev–Trinajstić information content (AvgIpc) is 3.52. The molecule has 12 nitrogen and oxygen atoms in total. The highest BCUT2D eigenvalue weighted by atomic mass is 32.2. The van der Waals surface area contributed by atoms with Crippen LogP contribution in [-0.2, 0) is 19.4 Å². The molecular weight excluding hydrogens is 619 g/mol. The van der Waals surface area contributed by atoms with Crippen molar-refractivity contribution >= 4 is 39.1 Å². The molecule has 3 amide bonds. The molecule has 1 saturated heterocycles. The van der Waals surface area contributed by atoms with Gasteiger partial charge in [0.05, 0.1) is 37.5 Å². The summed E-state index contributed by atoms with van der Waals surface area (Å²) in [6, 6.07) is 10.9. The highest BCUT2D eigenvalue weighted by molar-refractivity contribution is 7.92. The third-order valence-electron chi connectivity index (χ3n) is 7.74. The maximum atomic E-state index is 14.6. The molecule has 2 atom stereocenters. The third-order valence-corrected chi connectivity index (χ3v) is 9.97. The number of hydrogen-bond donors (Lipinski definition) is 3. The Balaban J connectivity index is 1.84. The first-order valence-corrected chi connectivity index (χ1v) is 16.0. The van der Waals surface area contributed by atoms with E-state index in [1.54, 1.807) is 36.9 Å². The molecule has 1 fully saturated rings. The first-order valence-electron chi connectivity index (χ1n) is 14.4. The highest BCUT2D eigenvalue weighted by Crippen LogP contribution is 2.41. The number of ether oxygens (including phenoxy) is 3. The van der Waals surface area contributed by atoms with E-state index in [-0.39, 0.29) is 28.4 Å². The quantitative estimate of drug-likeness (QED) is 0.262. The lowest BCUT2D eigenvalue weighted by molar-refractivity contribution is -0.133. The molecule has 14 heteroatoms. The topological polar surface area (TPSA) is 166 Å². The average molecular weight is 657 g/mol. The van der Waals surface area contributed by atoms with Crippen molar-refractivity contribution in [2.45, 2.75) is 48.9 Å². The van der Waals surface area contributed by atoms with Crippen LogP contribution in [0.25, 0.3) is 0 Å². The van der Waals surface area contributed by atoms with E-state index < -0.39 is 50.9 Å². The minimum atomic E-state index is -3.81. The van der Waals surface area contributed by atoms with Gasteiger partial charge in [0.25, 0.3) is 0 Å². The summed E-state index contributed by atoms with van der Waals surface area (Å²) < 4.78 is 57.1. The van der Waals surface area contributed by atoms with Gasteiger partial charge in [-0.05, 0) is 86.3 Å². The Morgan fingerprint density at radius 1 is 0.957 bits per heavy atom. The Hall–Kier alpha value is -4.85. The number of rotatable bonds is 11. The van der Waals surface area contributed by atoms with Crippen LogP contribution in [0.2, 0.25) is 0 Å². The fraction of sp³-hybridized carbons (Fsp3) is 0.344. The van der Waals surface area contributed by atoms with E-state index in [4.69, 9.17) is 19.9 Å². The molecule has 4 rings (SSSR count). The molecule has 2 unspecified atom stereocenters. The van der Waals surface area contributed by atoms with E-state index in [2.05, 4.69) is 10.6 Å². The maximum Gasteiger partial charge on any atom is 0.411 e. The number of halogens is 1. The summed E-state index contributed by atoms with van der Waals surface area (Å²) in [5.74, 6) is -1.30. The Labute approximate surface area is 266 Å². The normalized spacial score (nSPS) is 15.3. The predicted octanol–water partition coefficient (Wildman–Crippen LogP) is 4.82. The lowest BCUT2D eigenvalue weighted by Crippen LogP contribution is -2.38. The number of benzene rings is 3. The van der Waals surface area contributed by atoms with Crippen molar-refractivity contribution < 1.29 is 41.4 Å². The van der Waals surface area contributed by atoms with Crippen LogP contribution in [0.3, 0.4) is 0 Å². The molecule has 3 aromatic carbocycles. The highest BCUT2D eigenvalue weighted by Gasteiger charge is 2.38. The van der Waals surface area contributed by atoms with E-state index >= 15 is 0 Å². The number of amides is 3. The van der Waals surface area contributed by atoms with Gasteiger partial charge in [0.1, 0.15) is 11.9 Å². The van der Waals surface area contributed by atoms with Crippen LogP contribution in [0.4, 0.5) is 20.6 Å². The number of nitrogens with one attached hydrogen (secondary N) is 2. The standard InChI is InChI=1S/C32H37FN4O8S/c1-18(2)46(41,42)28-11-9-22(36-32(40)45-5)17-24(28)25-7-6-12-37(25)31(39)29(19-8-10-26(43-3)27(15-19)44-4)35-23-14-20(30(34)38)13-21(33)16-23/h8-11,13-18,25,29,35H,6-7,12H2,1-5H3,(H2,34,38)(H,36,40). The van der Waals surface area contributed by atoms with Crippen molar-refractivity contribution in [2.75, 3.05) is 38.5 Å². The second kappa shape index (κ2) is 14.1. The number of carbonyl (C=O) groups excluding carboxylic acids is 3. The monoisotopic (exact) mass is 656 g/mol. The second-order valence-electron chi connectivity index (χ2n) is 10.9. The Morgan fingerprint density at radius 3 is 2.30 bits per heavy atom. The van der Waals surface area contributed by atoms with Crippen molar-refractivity contribution in [3.63, 3.8) is 0 Å². The molecule has 1 heterocycles. The minimum absolute atomic E-state index is 0.0365. The molecule has 0 bridgehead atoms. The number of anilines is 2. The van der Waals surface area contributed by atoms with Crippen molar-refractivity contribution in [3.05, 3.63) is 77.1 Å². The van der Waals surface area contributed by atoms with Crippen LogP contribution in [-0.4, -0.2) is 64.3 Å². The van der Waals surface area contributed by atoms with Gasteiger partial charge in [-0.25, -0.2) is 17.6 Å². The van der Waals surface area contributed by atoms with Gasteiger partial charge < -0.3 is 30.2 Å². The third kappa shape index (κ3) is 7.17. The van der Waals surface area contributed by atoms with Gasteiger partial charge in [0, 0.05) is 23.5 Å². The van der Waals surface area contributed by atoms with Gasteiger partial charge in [-0.15, -0.1) is 0 Å². The zero-order valence-electron chi connectivity index (χ0n) is 26.1. The van der Waals surface area contributed by atoms with E-state index in [1.807, 2.05) is 0 Å². The molecular formula is C32H37FN4O8S. The Kier molecular flexibility index (Phi) is 10.4. The number of hydrogen-bond acceptors (Lipinski definition) is 9. The summed E-state index contributed by atoms with van der Waals surface area (Å²) in [6.45, 7) is 3.40. The van der Waals surface area contributed by atoms with E-state index in [0.29, 0.717) is 35.5 Å². The van der Waals surface area contributed by atoms with Crippen LogP contribution < -0.4 is 25.8 Å². The first kappa shape index (κ1) is 34.0. The number of carbonyl (C=O) groups is 3. The number of sulfone groups is 1. The number of nitrogens with two attached hydrogens (primary N) is 1. The van der Waals surface area contributed by atoms with Gasteiger partial charge in [0.2, 0.25) is 11.8 Å². The maximum absolute atomic E-state index is 14.6. The minimum Gasteiger partial charge on any atom is -0.493 e. The van der Waals surface area contributed by atoms with E-state index in [0.717, 1.165) is 12.1 Å². The number of primary amides is 1. The summed E-state index contributed by atoms with van der Waals surface area (Å²) in [6.07, 6.45) is 0.239. The molecule has 1 aliphatic rings. The van der Waals surface area contributed by atoms with E-state index in [9.17, 15) is 27.2 Å². The van der Waals surface area contributed by atoms with E-state index in [1.165, 1.54) is 45.6 Å². The number of nitrogens with zero attached hydrogens (tertiary/aromatic N) is 1. The zero-order chi connectivity index (χ0) is 33.8. The second-order valence-corrected chi connectivity index (χ2v) is 13.4. The lowest BCUT2D eigenvalue weighted by Gasteiger charge is -2.32. The summed E-state index contributed by atoms with van der Waals surface area (Å²) in [5, 5.41) is 4.85. The van der Waals surface area contributed by atoms with Crippen LogP contribution in [0.1, 0.15) is 60.3 Å². The van der Waals surface area contributed by atoms with Crippen LogP contribution in [0.15, 0.2) is 59.5 Å². The molecule has 0 spiro atoms. The fourth-order valence-corrected chi connectivity index (χ4v) is 6.68. The predicted molar refractivity (Wildman–Crippen MR) is 169 cm³/mol. The van der Waals surface area contributed by atoms with Crippen molar-refractivity contribution in [1.82, 2.24) is 4.90 Å². The summed E-state index contributed by atoms with van der Waals surface area (Å²) in [7, 11) is 0.306. The number of methoxy groups -OCH3 is 3. The van der Waals surface area contributed by atoms with Gasteiger partial charge in [-0.3, -0.25) is 14.9 Å². The summed E-state index contributed by atoms with van der Waals surface area (Å²) >= 11 is 0. The van der Waals surface area contributed by atoms with Crippen LogP contribution in [0, 0.1) is 5.82 Å². The molecule has 0 aliphatic carbocycles. The molecule has 4 N–H and O–H groups in total. The van der Waals surface area contributed by atoms with Gasteiger partial charge in [-0.2, -0.15) is 0 Å². The Bertz CT molecular complexity index is 1750. The largest absolute Gasteiger partial charge is 0.493 e. The lowest BCUT2D eigenvalue weighted by atomic mass is 10.0. The Morgan fingerprint density at radius 2 is 1.67 bits per heavy atom. The van der Waals surface area contributed by atoms with Gasteiger partial charge in [0.15, 0.2) is 21.3 Å². The van der Waals surface area contributed by atoms with Crippen molar-refractivity contribution in [3.8, 4) is 11.5 Å². The first-order chi connectivity index (χ1) is 21.8. The fourth-order valence-electron chi connectivity index (χ4n) is 5.39. The van der Waals surface area contributed by atoms with Crippen LogP contribution >= 0.6 is 0 Å². The zero-order valence-corrected chi connectivity index (χ0v) is 26.9. The van der Waals surface area contributed by atoms with Gasteiger partial charge >= 0.3 is 6.09 Å². The summed E-state index contributed by atoms with van der Waals surface area (Å²) in [4.78, 5) is 40.0. The molecule has 0 saturated carbocycles. The molecule has 3 aromatic rings. The number of likely N-dealkylation sites (tertiary alicyclic amines) is 1. The molecule has 0 aromatic heterocycles. The van der Waals surface area contributed by atoms with Crippen molar-refractivity contribution in [2.24, 2.45) is 5.73 Å². The van der Waals surface area contributed by atoms with Gasteiger partial charge in [-0.1, -0.05) is 6.07 Å². The molecule has 246 valence electrons. The molecule has 0 radical (unpaired) electrons. The van der Waals surface area contributed by atoms with Crippen LogP contribution in [0.5, 0.6) is 11.5 Å². The SMILES string of the molecule is COC(=O)Nc1ccc(S(=O)(=O)C(C)C)c(C2CCCN2C(=O)C(Nc2cc(F)cc(C(N)=O)c2)c2ccc(OC)c(OC)c2)c1. The molecule has 1 aliphatic heterocycles. The summed E-state index contributed by atoms with van der Waals surface area (Å²) in [5.41, 5.74) is 6.47. The van der Waals surface area contributed by atoms with Crippen molar-refractivity contribution in [1.29, 1.82) is 0 Å². The molecule has 46 heavy (non-hydrogen) atoms.